The maximum Gasteiger partial charge on any atom is 0.254 e. The van der Waals surface area contributed by atoms with E-state index in [1.165, 1.54) is 0 Å². The summed E-state index contributed by atoms with van der Waals surface area (Å²) in [7, 11) is 0. The molecule has 98 valence electrons. The van der Waals surface area contributed by atoms with Crippen molar-refractivity contribution in [2.75, 3.05) is 13.1 Å². The molecule has 19 heavy (non-hydrogen) atoms. The predicted octanol–water partition coefficient (Wildman–Crippen LogP) is 1.52. The van der Waals surface area contributed by atoms with Crippen molar-refractivity contribution in [2.24, 2.45) is 0 Å². The Bertz CT molecular complexity index is 503. The molecule has 2 aliphatic heterocycles. The average molecular weight is 255 g/mol. The Labute approximate surface area is 113 Å². The van der Waals surface area contributed by atoms with Crippen LogP contribution in [0.3, 0.4) is 0 Å². The van der Waals surface area contributed by atoms with Gasteiger partial charge >= 0.3 is 0 Å². The third-order valence-electron chi connectivity index (χ3n) is 4.15. The highest BCUT2D eigenvalue weighted by Crippen LogP contribution is 2.29. The van der Waals surface area contributed by atoms with Gasteiger partial charge in [0.15, 0.2) is 0 Å². The minimum Gasteiger partial charge on any atom is -0.331 e. The van der Waals surface area contributed by atoms with Crippen molar-refractivity contribution in [3.63, 3.8) is 0 Å². The molecular weight excluding hydrogens is 238 g/mol. The number of hydrogen-bond donors (Lipinski definition) is 1. The molecule has 1 aromatic carbocycles. The first kappa shape index (κ1) is 12.2. The Morgan fingerprint density at radius 2 is 1.95 bits per heavy atom. The number of carbonyl (C=O) groups is 1. The van der Waals surface area contributed by atoms with Crippen molar-refractivity contribution < 1.29 is 4.79 Å². The molecule has 1 amide bonds. The zero-order chi connectivity index (χ0) is 13.2. The lowest BCUT2D eigenvalue weighted by Crippen LogP contribution is -2.42. The summed E-state index contributed by atoms with van der Waals surface area (Å²) in [5.74, 6) is 0.112. The van der Waals surface area contributed by atoms with Crippen molar-refractivity contribution in [1.82, 2.24) is 10.2 Å². The molecule has 2 aliphatic rings. The number of rotatable bonds is 1. The first-order valence-corrected chi connectivity index (χ1v) is 6.83. The van der Waals surface area contributed by atoms with E-state index in [1.807, 2.05) is 0 Å². The zero-order valence-electron chi connectivity index (χ0n) is 10.8. The van der Waals surface area contributed by atoms with Gasteiger partial charge in [0, 0.05) is 24.2 Å². The van der Waals surface area contributed by atoms with Crippen LogP contribution in [0.2, 0.25) is 0 Å². The average Bonchev–Trinajstić information content (AvgIpc) is 2.71. The van der Waals surface area contributed by atoms with Gasteiger partial charge < -0.3 is 10.2 Å². The quantitative estimate of drug-likeness (QED) is 0.828. The van der Waals surface area contributed by atoms with E-state index in [0.717, 1.165) is 32.4 Å². The second-order valence-corrected chi connectivity index (χ2v) is 5.28. The highest BCUT2D eigenvalue weighted by Gasteiger charge is 2.38. The molecule has 4 nitrogen and oxygen atoms in total. The smallest absolute Gasteiger partial charge is 0.254 e. The van der Waals surface area contributed by atoms with Gasteiger partial charge in [0.2, 0.25) is 0 Å². The number of hydrogen-bond acceptors (Lipinski definition) is 3. The second-order valence-electron chi connectivity index (χ2n) is 5.28. The first-order chi connectivity index (χ1) is 9.29. The largest absolute Gasteiger partial charge is 0.331 e. The standard InChI is InChI=1S/C15H17N3O/c16-9-11-1-3-12(4-2-11)15(19)18-13-5-6-14(18)10-17-8-7-13/h1-4,13-14,17H,5-8,10H2. The van der Waals surface area contributed by atoms with Crippen LogP contribution in [-0.2, 0) is 0 Å². The first-order valence-electron chi connectivity index (χ1n) is 6.83. The highest BCUT2D eigenvalue weighted by atomic mass is 16.2. The summed E-state index contributed by atoms with van der Waals surface area (Å²) < 4.78 is 0. The van der Waals surface area contributed by atoms with Gasteiger partial charge in [-0.1, -0.05) is 0 Å². The normalized spacial score (nSPS) is 25.7. The minimum atomic E-state index is 0.112. The van der Waals surface area contributed by atoms with E-state index in [-0.39, 0.29) is 5.91 Å². The van der Waals surface area contributed by atoms with E-state index in [0.29, 0.717) is 23.2 Å². The third kappa shape index (κ3) is 2.22. The minimum absolute atomic E-state index is 0.112. The number of carbonyl (C=O) groups excluding carboxylic acids is 1. The van der Waals surface area contributed by atoms with Crippen LogP contribution >= 0.6 is 0 Å². The van der Waals surface area contributed by atoms with E-state index in [2.05, 4.69) is 16.3 Å². The van der Waals surface area contributed by atoms with Gasteiger partial charge in [0.1, 0.15) is 0 Å². The zero-order valence-corrected chi connectivity index (χ0v) is 10.8. The maximum atomic E-state index is 12.6. The number of benzene rings is 1. The van der Waals surface area contributed by atoms with Crippen molar-refractivity contribution in [3.05, 3.63) is 35.4 Å². The molecule has 1 N–H and O–H groups in total. The van der Waals surface area contributed by atoms with E-state index in [1.54, 1.807) is 24.3 Å². The Balaban J connectivity index is 1.84. The Morgan fingerprint density at radius 3 is 2.68 bits per heavy atom. The lowest BCUT2D eigenvalue weighted by Gasteiger charge is -2.28. The molecule has 2 fully saturated rings. The molecule has 0 saturated carbocycles. The number of fused-ring (bicyclic) bond motifs is 2. The summed E-state index contributed by atoms with van der Waals surface area (Å²) in [6, 6.07) is 9.74. The van der Waals surface area contributed by atoms with Gasteiger partial charge in [-0.2, -0.15) is 5.26 Å². The summed E-state index contributed by atoms with van der Waals surface area (Å²) in [6.07, 6.45) is 3.26. The van der Waals surface area contributed by atoms with Gasteiger partial charge in [0.05, 0.1) is 11.6 Å². The molecule has 2 unspecified atom stereocenters. The van der Waals surface area contributed by atoms with Gasteiger partial charge in [-0.3, -0.25) is 4.79 Å². The fourth-order valence-electron chi connectivity index (χ4n) is 3.15. The van der Waals surface area contributed by atoms with Crippen molar-refractivity contribution in [1.29, 1.82) is 5.26 Å². The summed E-state index contributed by atoms with van der Waals surface area (Å²) in [5, 5.41) is 12.2. The van der Waals surface area contributed by atoms with Gasteiger partial charge in [-0.15, -0.1) is 0 Å². The number of nitrogens with one attached hydrogen (secondary N) is 1. The Morgan fingerprint density at radius 1 is 1.21 bits per heavy atom. The third-order valence-corrected chi connectivity index (χ3v) is 4.15. The monoisotopic (exact) mass is 255 g/mol. The SMILES string of the molecule is N#Cc1ccc(C(=O)N2C3CCNCC2CC3)cc1. The van der Waals surface area contributed by atoms with Crippen molar-refractivity contribution in [3.8, 4) is 6.07 Å². The highest BCUT2D eigenvalue weighted by molar-refractivity contribution is 5.95. The predicted molar refractivity (Wildman–Crippen MR) is 71.6 cm³/mol. The van der Waals surface area contributed by atoms with Crippen LogP contribution in [0.1, 0.15) is 35.2 Å². The molecule has 2 atom stereocenters. The van der Waals surface area contributed by atoms with Crippen molar-refractivity contribution in [2.45, 2.75) is 31.3 Å². The van der Waals surface area contributed by atoms with Crippen LogP contribution in [0, 0.1) is 11.3 Å². The second kappa shape index (κ2) is 5.02. The van der Waals surface area contributed by atoms with E-state index < -0.39 is 0 Å². The Hall–Kier alpha value is -1.86. The molecule has 0 aromatic heterocycles. The molecule has 0 aliphatic carbocycles. The fourth-order valence-corrected chi connectivity index (χ4v) is 3.15. The van der Waals surface area contributed by atoms with Crippen LogP contribution in [0.15, 0.2) is 24.3 Å². The summed E-state index contributed by atoms with van der Waals surface area (Å²) in [5.41, 5.74) is 1.29. The molecule has 2 saturated heterocycles. The van der Waals surface area contributed by atoms with E-state index in [4.69, 9.17) is 5.26 Å². The van der Waals surface area contributed by atoms with Gasteiger partial charge in [0.25, 0.3) is 5.91 Å². The molecule has 2 bridgehead atoms. The van der Waals surface area contributed by atoms with Crippen LogP contribution in [0.5, 0.6) is 0 Å². The number of amides is 1. The van der Waals surface area contributed by atoms with Crippen LogP contribution in [0.4, 0.5) is 0 Å². The number of nitrogens with zero attached hydrogens (tertiary/aromatic N) is 2. The van der Waals surface area contributed by atoms with Crippen molar-refractivity contribution >= 4 is 5.91 Å². The van der Waals surface area contributed by atoms with Gasteiger partial charge in [-0.05, 0) is 50.1 Å². The van der Waals surface area contributed by atoms with E-state index in [9.17, 15) is 4.79 Å². The molecule has 1 aromatic rings. The lowest BCUT2D eigenvalue weighted by atomic mass is 10.1. The van der Waals surface area contributed by atoms with E-state index >= 15 is 0 Å². The summed E-state index contributed by atoms with van der Waals surface area (Å²) >= 11 is 0. The van der Waals surface area contributed by atoms with Crippen LogP contribution < -0.4 is 5.32 Å². The maximum absolute atomic E-state index is 12.6. The Kier molecular flexibility index (Phi) is 3.22. The number of nitriles is 1. The molecule has 2 heterocycles. The van der Waals surface area contributed by atoms with Crippen LogP contribution in [-0.4, -0.2) is 36.0 Å². The lowest BCUT2D eigenvalue weighted by molar-refractivity contribution is 0.0680. The molecule has 4 heteroatoms. The molecule has 0 radical (unpaired) electrons. The molecule has 3 rings (SSSR count). The van der Waals surface area contributed by atoms with Crippen LogP contribution in [0.25, 0.3) is 0 Å². The summed E-state index contributed by atoms with van der Waals surface area (Å²) in [6.45, 7) is 1.90. The summed E-state index contributed by atoms with van der Waals surface area (Å²) in [4.78, 5) is 14.7. The van der Waals surface area contributed by atoms with Gasteiger partial charge in [-0.25, -0.2) is 0 Å². The molecule has 0 spiro atoms. The topological polar surface area (TPSA) is 56.1 Å². The fraction of sp³-hybridized carbons (Fsp3) is 0.467. The molecular formula is C15H17N3O.